The number of carbonyl (C=O) groups is 1. The summed E-state index contributed by atoms with van der Waals surface area (Å²) in [6.07, 6.45) is 4.94. The third-order valence-electron chi connectivity index (χ3n) is 4.44. The first-order valence-electron chi connectivity index (χ1n) is 6.53. The van der Waals surface area contributed by atoms with Crippen molar-refractivity contribution in [1.82, 2.24) is 10.3 Å². The van der Waals surface area contributed by atoms with E-state index in [4.69, 9.17) is 10.9 Å². The second-order valence-corrected chi connectivity index (χ2v) is 5.76. The van der Waals surface area contributed by atoms with Crippen LogP contribution in [0.2, 0.25) is 0 Å². The van der Waals surface area contributed by atoms with Gasteiger partial charge in [-0.1, -0.05) is 0 Å². The summed E-state index contributed by atoms with van der Waals surface area (Å²) in [4.78, 5) is 13.7. The van der Waals surface area contributed by atoms with E-state index in [9.17, 15) is 4.79 Å². The fraction of sp³-hybridized carbons (Fsp3) is 0.538. The van der Waals surface area contributed by atoms with Gasteiger partial charge in [0.25, 0.3) is 0 Å². The molecule has 6 heteroatoms. The zero-order valence-electron chi connectivity index (χ0n) is 10.6. The minimum Gasteiger partial charge on any atom is -0.465 e. The van der Waals surface area contributed by atoms with E-state index >= 15 is 0 Å². The van der Waals surface area contributed by atoms with Crippen LogP contribution in [0.15, 0.2) is 23.4 Å². The van der Waals surface area contributed by atoms with E-state index in [-0.39, 0.29) is 6.04 Å². The van der Waals surface area contributed by atoms with Gasteiger partial charge in [0.2, 0.25) is 0 Å². The summed E-state index contributed by atoms with van der Waals surface area (Å²) in [5.41, 5.74) is 2.24. The van der Waals surface area contributed by atoms with E-state index in [1.807, 2.05) is 18.3 Å². The lowest BCUT2D eigenvalue weighted by molar-refractivity contribution is -0.0234. The summed E-state index contributed by atoms with van der Waals surface area (Å²) in [6, 6.07) is 4.04. The number of hydrogen-bond donors (Lipinski definition) is 4. The minimum atomic E-state index is -0.925. The second kappa shape index (κ2) is 4.29. The highest BCUT2D eigenvalue weighted by Crippen LogP contribution is 2.59. The Balaban J connectivity index is 1.55. The zero-order valence-corrected chi connectivity index (χ0v) is 10.6. The predicted octanol–water partition coefficient (Wildman–Crippen LogP) is 1.50. The van der Waals surface area contributed by atoms with Gasteiger partial charge in [-0.2, -0.15) is 5.10 Å². The molecule has 19 heavy (non-hydrogen) atoms. The molecular formula is C13H18N4O2. The lowest BCUT2D eigenvalue weighted by Gasteiger charge is -2.57. The van der Waals surface area contributed by atoms with Crippen LogP contribution < -0.4 is 11.2 Å². The molecule has 2 aliphatic rings. The summed E-state index contributed by atoms with van der Waals surface area (Å²) < 4.78 is 0. The van der Waals surface area contributed by atoms with Crippen LogP contribution in [0.1, 0.15) is 31.4 Å². The number of nitrogens with one attached hydrogen (secondary N) is 2. The van der Waals surface area contributed by atoms with Gasteiger partial charge in [-0.15, -0.1) is 0 Å². The molecule has 2 aliphatic carbocycles. The molecule has 5 N–H and O–H groups in total. The lowest BCUT2D eigenvalue weighted by Crippen LogP contribution is -2.57. The molecule has 0 saturated heterocycles. The van der Waals surface area contributed by atoms with Crippen LogP contribution in [-0.4, -0.2) is 27.9 Å². The van der Waals surface area contributed by atoms with E-state index in [0.717, 1.165) is 37.1 Å². The van der Waals surface area contributed by atoms with Crippen molar-refractivity contribution in [2.75, 3.05) is 0 Å². The van der Waals surface area contributed by atoms with Crippen LogP contribution in [0.3, 0.4) is 0 Å². The highest BCUT2D eigenvalue weighted by Gasteiger charge is 2.54. The van der Waals surface area contributed by atoms with Crippen LogP contribution in [0, 0.1) is 11.3 Å². The summed E-state index contributed by atoms with van der Waals surface area (Å²) in [5, 5.41) is 15.1. The average molecular weight is 262 g/mol. The molecule has 1 heterocycles. The number of amides is 1. The maximum atomic E-state index is 10.5. The van der Waals surface area contributed by atoms with E-state index in [2.05, 4.69) is 15.4 Å². The van der Waals surface area contributed by atoms with Crippen LogP contribution in [0.5, 0.6) is 0 Å². The van der Waals surface area contributed by atoms with Crippen LogP contribution in [0.25, 0.3) is 0 Å². The summed E-state index contributed by atoms with van der Waals surface area (Å²) in [7, 11) is 0. The van der Waals surface area contributed by atoms with Gasteiger partial charge in [-0.05, 0) is 43.2 Å². The molecule has 0 unspecified atom stereocenters. The highest BCUT2D eigenvalue weighted by molar-refractivity contribution is 6.01. The summed E-state index contributed by atoms with van der Waals surface area (Å²) in [6.45, 7) is 0. The molecule has 2 fully saturated rings. The summed E-state index contributed by atoms with van der Waals surface area (Å²) in [5.74, 6) is 5.89. The molecule has 6 nitrogen and oxygen atoms in total. The molecule has 2 saturated carbocycles. The first kappa shape index (κ1) is 12.1. The Kier molecular flexibility index (Phi) is 2.73. The van der Waals surface area contributed by atoms with E-state index in [0.29, 0.717) is 11.3 Å². The van der Waals surface area contributed by atoms with Gasteiger partial charge in [-0.3, -0.25) is 0 Å². The van der Waals surface area contributed by atoms with E-state index < -0.39 is 6.09 Å². The smallest absolute Gasteiger partial charge is 0.404 e. The molecule has 3 rings (SSSR count). The quantitative estimate of drug-likeness (QED) is 0.377. The predicted molar refractivity (Wildman–Crippen MR) is 70.9 cm³/mol. The molecule has 0 bridgehead atoms. The number of aromatic nitrogens is 1. The molecular weight excluding hydrogens is 244 g/mol. The monoisotopic (exact) mass is 262 g/mol. The van der Waals surface area contributed by atoms with Gasteiger partial charge < -0.3 is 21.2 Å². The molecule has 1 amide bonds. The first-order chi connectivity index (χ1) is 9.12. The van der Waals surface area contributed by atoms with Crippen molar-refractivity contribution in [3.8, 4) is 0 Å². The lowest BCUT2D eigenvalue weighted by atomic mass is 9.49. The fourth-order valence-corrected chi connectivity index (χ4v) is 3.66. The highest BCUT2D eigenvalue weighted by atomic mass is 16.4. The minimum absolute atomic E-state index is 0.127. The fourth-order valence-electron chi connectivity index (χ4n) is 3.66. The Morgan fingerprint density at radius 1 is 1.47 bits per heavy atom. The Hall–Kier alpha value is -1.98. The van der Waals surface area contributed by atoms with E-state index in [1.165, 1.54) is 0 Å². The van der Waals surface area contributed by atoms with Gasteiger partial charge >= 0.3 is 6.09 Å². The number of H-pyrrole nitrogens is 1. The van der Waals surface area contributed by atoms with Crippen LogP contribution >= 0.6 is 0 Å². The molecule has 102 valence electrons. The van der Waals surface area contributed by atoms with Crippen molar-refractivity contribution in [3.63, 3.8) is 0 Å². The van der Waals surface area contributed by atoms with Crippen molar-refractivity contribution in [3.05, 3.63) is 24.0 Å². The molecule has 0 aromatic carbocycles. The molecule has 0 aliphatic heterocycles. The number of rotatable bonds is 3. The number of nitrogens with zero attached hydrogens (tertiary/aromatic N) is 1. The maximum absolute atomic E-state index is 10.5. The largest absolute Gasteiger partial charge is 0.465 e. The third-order valence-corrected chi connectivity index (χ3v) is 4.44. The number of nitrogens with two attached hydrogens (primary N) is 1. The van der Waals surface area contributed by atoms with Gasteiger partial charge in [0.15, 0.2) is 0 Å². The Morgan fingerprint density at radius 3 is 2.74 bits per heavy atom. The van der Waals surface area contributed by atoms with Crippen molar-refractivity contribution in [1.29, 1.82) is 0 Å². The van der Waals surface area contributed by atoms with Crippen molar-refractivity contribution in [2.45, 2.75) is 31.7 Å². The topological polar surface area (TPSA) is 103 Å². The second-order valence-electron chi connectivity index (χ2n) is 5.76. The van der Waals surface area contributed by atoms with Crippen molar-refractivity contribution >= 4 is 11.8 Å². The normalized spacial score (nSPS) is 33.6. The van der Waals surface area contributed by atoms with Gasteiger partial charge in [-0.25, -0.2) is 4.79 Å². The molecule has 0 atom stereocenters. The van der Waals surface area contributed by atoms with Crippen molar-refractivity contribution < 1.29 is 9.90 Å². The Bertz CT molecular complexity index is 495. The standard InChI is InChI=1S/C13H18N4O2/c14-17-11(10-2-1-3-15-10)8-4-13(5-8)6-9(7-13)16-12(18)19/h1-3,8-9,15-16H,4-7,14H2,(H,18,19)/b17-11-. The van der Waals surface area contributed by atoms with Gasteiger partial charge in [0.05, 0.1) is 11.4 Å². The van der Waals surface area contributed by atoms with Crippen LogP contribution in [-0.2, 0) is 0 Å². The Labute approximate surface area is 111 Å². The van der Waals surface area contributed by atoms with Gasteiger partial charge in [0.1, 0.15) is 0 Å². The molecule has 0 radical (unpaired) electrons. The summed E-state index contributed by atoms with van der Waals surface area (Å²) >= 11 is 0. The number of hydrazone groups is 1. The SMILES string of the molecule is N/N=C(\c1ccc[nH]1)C1CC2(CC(NC(=O)O)C2)C1. The van der Waals surface area contributed by atoms with Crippen LogP contribution in [0.4, 0.5) is 4.79 Å². The molecule has 1 aromatic rings. The Morgan fingerprint density at radius 2 is 2.21 bits per heavy atom. The number of carboxylic acid groups (broad SMARTS) is 1. The van der Waals surface area contributed by atoms with E-state index in [1.54, 1.807) is 0 Å². The van der Waals surface area contributed by atoms with Gasteiger partial charge in [0, 0.05) is 18.2 Å². The van der Waals surface area contributed by atoms with Crippen molar-refractivity contribution in [2.24, 2.45) is 22.3 Å². The number of hydrogen-bond acceptors (Lipinski definition) is 3. The average Bonchev–Trinajstić information content (AvgIpc) is 2.76. The third kappa shape index (κ3) is 2.07. The number of aromatic amines is 1. The zero-order chi connectivity index (χ0) is 13.5. The maximum Gasteiger partial charge on any atom is 0.404 e. The molecule has 1 aromatic heterocycles. The first-order valence-corrected chi connectivity index (χ1v) is 6.53. The molecule has 1 spiro atoms.